The number of hydrogen-bond acceptors (Lipinski definition) is 4. The number of fused-ring (bicyclic) bond motifs is 1. The van der Waals surface area contributed by atoms with Crippen molar-refractivity contribution >= 4 is 23.2 Å². The summed E-state index contributed by atoms with van der Waals surface area (Å²) in [6, 6.07) is 3.40. The number of benzene rings is 1. The Hall–Kier alpha value is -1.46. The Balaban J connectivity index is 1.76. The highest BCUT2D eigenvalue weighted by Gasteiger charge is 2.32. The first kappa shape index (κ1) is 14.5. The quantitative estimate of drug-likeness (QED) is 0.899. The Bertz CT molecular complexity index is 550. The van der Waals surface area contributed by atoms with Gasteiger partial charge in [0.05, 0.1) is 10.7 Å². The number of rotatable bonds is 3. The van der Waals surface area contributed by atoms with Crippen molar-refractivity contribution in [2.75, 3.05) is 25.1 Å². The first-order valence-electron chi connectivity index (χ1n) is 7.29. The van der Waals surface area contributed by atoms with E-state index in [9.17, 15) is 4.79 Å². The molecule has 1 aromatic rings. The summed E-state index contributed by atoms with van der Waals surface area (Å²) < 4.78 is 11.0. The molecule has 0 aromatic heterocycles. The molecule has 3 rings (SSSR count). The highest BCUT2D eigenvalue weighted by molar-refractivity contribution is 6.34. The summed E-state index contributed by atoms with van der Waals surface area (Å²) in [6.07, 6.45) is 2.95. The van der Waals surface area contributed by atoms with Gasteiger partial charge in [0.1, 0.15) is 13.2 Å². The van der Waals surface area contributed by atoms with Crippen LogP contribution in [-0.2, 0) is 4.79 Å². The van der Waals surface area contributed by atoms with Gasteiger partial charge in [-0.2, -0.15) is 0 Å². The lowest BCUT2D eigenvalue weighted by molar-refractivity contribution is -0.120. The minimum atomic E-state index is -0.0285. The maximum atomic E-state index is 12.4. The minimum absolute atomic E-state index is 0.0125. The Labute approximate surface area is 128 Å². The molecule has 5 nitrogen and oxygen atoms in total. The molecule has 114 valence electrons. The maximum absolute atomic E-state index is 12.4. The van der Waals surface area contributed by atoms with E-state index in [4.69, 9.17) is 26.8 Å². The van der Waals surface area contributed by atoms with Gasteiger partial charge in [-0.15, -0.1) is 0 Å². The zero-order valence-corrected chi connectivity index (χ0v) is 12.5. The van der Waals surface area contributed by atoms with E-state index in [1.54, 1.807) is 12.1 Å². The van der Waals surface area contributed by atoms with E-state index in [0.717, 1.165) is 19.3 Å². The molecule has 1 heterocycles. The van der Waals surface area contributed by atoms with Crippen LogP contribution in [0.2, 0.25) is 5.02 Å². The number of ether oxygens (including phenoxy) is 2. The van der Waals surface area contributed by atoms with Crippen LogP contribution in [0.15, 0.2) is 12.1 Å². The highest BCUT2D eigenvalue weighted by Crippen LogP contribution is 2.39. The van der Waals surface area contributed by atoms with Crippen molar-refractivity contribution in [3.8, 4) is 11.5 Å². The number of anilines is 1. The number of carbonyl (C=O) groups is 1. The van der Waals surface area contributed by atoms with Crippen LogP contribution in [0.3, 0.4) is 0 Å². The predicted octanol–water partition coefficient (Wildman–Crippen LogP) is 2.42. The third-order valence-electron chi connectivity index (χ3n) is 4.19. The van der Waals surface area contributed by atoms with Crippen molar-refractivity contribution in [2.24, 2.45) is 17.6 Å². The molecule has 6 heteroatoms. The van der Waals surface area contributed by atoms with E-state index in [1.165, 1.54) is 0 Å². The summed E-state index contributed by atoms with van der Waals surface area (Å²) in [5.41, 5.74) is 6.30. The van der Waals surface area contributed by atoms with E-state index in [2.05, 4.69) is 5.32 Å². The molecule has 1 aliphatic heterocycles. The standard InChI is InChI=1S/C15H19ClN2O3/c16-11-6-13-14(21-5-4-20-13)7-12(11)18-15(19)10-3-1-2-9(10)8-17/h6-7,9-10H,1-5,8,17H2,(H,18,19). The van der Waals surface area contributed by atoms with Crippen LogP contribution in [-0.4, -0.2) is 25.7 Å². The van der Waals surface area contributed by atoms with Crippen LogP contribution in [0.25, 0.3) is 0 Å². The smallest absolute Gasteiger partial charge is 0.227 e. The van der Waals surface area contributed by atoms with Gasteiger partial charge < -0.3 is 20.5 Å². The Morgan fingerprint density at radius 1 is 1.29 bits per heavy atom. The lowest BCUT2D eigenvalue weighted by Gasteiger charge is -2.21. The second-order valence-corrected chi connectivity index (χ2v) is 5.91. The Kier molecular flexibility index (Phi) is 4.22. The normalized spacial score (nSPS) is 23.9. The number of carbonyl (C=O) groups excluding carboxylic acids is 1. The van der Waals surface area contributed by atoms with Gasteiger partial charge in [-0.05, 0) is 25.3 Å². The van der Waals surface area contributed by atoms with E-state index < -0.39 is 0 Å². The summed E-state index contributed by atoms with van der Waals surface area (Å²) >= 11 is 6.21. The Morgan fingerprint density at radius 2 is 2.00 bits per heavy atom. The largest absolute Gasteiger partial charge is 0.486 e. The van der Waals surface area contributed by atoms with Gasteiger partial charge in [-0.3, -0.25) is 4.79 Å². The van der Waals surface area contributed by atoms with Gasteiger partial charge in [0.25, 0.3) is 0 Å². The van der Waals surface area contributed by atoms with E-state index in [0.29, 0.717) is 42.0 Å². The molecule has 1 fully saturated rings. The van der Waals surface area contributed by atoms with Crippen LogP contribution in [0.1, 0.15) is 19.3 Å². The number of nitrogens with one attached hydrogen (secondary N) is 1. The van der Waals surface area contributed by atoms with Gasteiger partial charge in [0.15, 0.2) is 11.5 Å². The van der Waals surface area contributed by atoms with Crippen LogP contribution >= 0.6 is 11.6 Å². The molecule has 3 N–H and O–H groups in total. The molecule has 0 saturated heterocycles. The Morgan fingerprint density at radius 3 is 2.71 bits per heavy atom. The molecule has 0 radical (unpaired) electrons. The topological polar surface area (TPSA) is 73.6 Å². The van der Waals surface area contributed by atoms with Crippen LogP contribution in [0.4, 0.5) is 5.69 Å². The fraction of sp³-hybridized carbons (Fsp3) is 0.533. The second-order valence-electron chi connectivity index (χ2n) is 5.50. The molecule has 1 saturated carbocycles. The van der Waals surface area contributed by atoms with Crippen LogP contribution < -0.4 is 20.5 Å². The monoisotopic (exact) mass is 310 g/mol. The van der Waals surface area contributed by atoms with Gasteiger partial charge in [0, 0.05) is 18.1 Å². The first-order valence-corrected chi connectivity index (χ1v) is 7.67. The number of nitrogens with two attached hydrogens (primary N) is 1. The van der Waals surface area contributed by atoms with Crippen molar-refractivity contribution in [1.29, 1.82) is 0 Å². The molecule has 21 heavy (non-hydrogen) atoms. The molecule has 2 unspecified atom stereocenters. The summed E-state index contributed by atoms with van der Waals surface area (Å²) in [7, 11) is 0. The molecule has 0 spiro atoms. The summed E-state index contributed by atoms with van der Waals surface area (Å²) in [5, 5.41) is 3.36. The molecular formula is C15H19ClN2O3. The first-order chi connectivity index (χ1) is 10.2. The molecule has 0 bridgehead atoms. The molecule has 1 aromatic carbocycles. The van der Waals surface area contributed by atoms with Crippen molar-refractivity contribution in [3.63, 3.8) is 0 Å². The number of amides is 1. The molecule has 2 aliphatic rings. The summed E-state index contributed by atoms with van der Waals surface area (Å²) in [6.45, 7) is 1.56. The zero-order chi connectivity index (χ0) is 14.8. The van der Waals surface area contributed by atoms with Gasteiger partial charge >= 0.3 is 0 Å². The van der Waals surface area contributed by atoms with Crippen molar-refractivity contribution in [3.05, 3.63) is 17.2 Å². The fourth-order valence-electron chi connectivity index (χ4n) is 3.05. The lowest BCUT2D eigenvalue weighted by atomic mass is 9.95. The minimum Gasteiger partial charge on any atom is -0.486 e. The van der Waals surface area contributed by atoms with E-state index in [1.807, 2.05) is 0 Å². The predicted molar refractivity (Wildman–Crippen MR) is 81.0 cm³/mol. The SMILES string of the molecule is NCC1CCCC1C(=O)Nc1cc2c(cc1Cl)OCCO2. The summed E-state index contributed by atoms with van der Waals surface area (Å²) in [5.74, 6) is 1.45. The van der Waals surface area contributed by atoms with Gasteiger partial charge in [0.2, 0.25) is 5.91 Å². The third-order valence-corrected chi connectivity index (χ3v) is 4.50. The summed E-state index contributed by atoms with van der Waals surface area (Å²) in [4.78, 5) is 12.4. The average molecular weight is 311 g/mol. The van der Waals surface area contributed by atoms with Crippen molar-refractivity contribution < 1.29 is 14.3 Å². The number of halogens is 1. The fourth-order valence-corrected chi connectivity index (χ4v) is 3.25. The molecule has 1 amide bonds. The molecule has 1 aliphatic carbocycles. The lowest BCUT2D eigenvalue weighted by Crippen LogP contribution is -2.29. The van der Waals surface area contributed by atoms with E-state index in [-0.39, 0.29) is 17.7 Å². The van der Waals surface area contributed by atoms with Crippen molar-refractivity contribution in [1.82, 2.24) is 0 Å². The van der Waals surface area contributed by atoms with Crippen molar-refractivity contribution in [2.45, 2.75) is 19.3 Å². The average Bonchev–Trinajstić information content (AvgIpc) is 2.96. The second kappa shape index (κ2) is 6.12. The molecular weight excluding hydrogens is 292 g/mol. The van der Waals surface area contributed by atoms with Crippen LogP contribution in [0, 0.1) is 11.8 Å². The maximum Gasteiger partial charge on any atom is 0.227 e. The third kappa shape index (κ3) is 2.94. The molecule has 2 atom stereocenters. The van der Waals surface area contributed by atoms with Gasteiger partial charge in [-0.1, -0.05) is 18.0 Å². The van der Waals surface area contributed by atoms with Crippen LogP contribution in [0.5, 0.6) is 11.5 Å². The zero-order valence-electron chi connectivity index (χ0n) is 11.7. The van der Waals surface area contributed by atoms with Gasteiger partial charge in [-0.25, -0.2) is 0 Å². The highest BCUT2D eigenvalue weighted by atomic mass is 35.5. The number of hydrogen-bond donors (Lipinski definition) is 2. The van der Waals surface area contributed by atoms with E-state index >= 15 is 0 Å².